The standard InChI is InChI=1S/C5H8O5.3C4H9.Sn/c1-5(10,4(8)9)2-3(6)7;3*1-3-4-2;/h10H,2H2,1H3,(H,6,7)(H,8,9);3*1,3-4H2,2H3;. The van der Waals surface area contributed by atoms with Gasteiger partial charge >= 0.3 is 104 Å². The Morgan fingerprint density at radius 1 is 0.870 bits per heavy atom. The second-order valence-electron chi connectivity index (χ2n) is 6.21. The van der Waals surface area contributed by atoms with Crippen molar-refractivity contribution in [3.63, 3.8) is 0 Å². The van der Waals surface area contributed by atoms with E-state index in [1.54, 1.807) is 13.3 Å². The van der Waals surface area contributed by atoms with Gasteiger partial charge in [0.2, 0.25) is 0 Å². The van der Waals surface area contributed by atoms with Crippen LogP contribution in [0.5, 0.6) is 0 Å². The van der Waals surface area contributed by atoms with Gasteiger partial charge in [0.15, 0.2) is 5.60 Å². The van der Waals surface area contributed by atoms with Crippen LogP contribution >= 0.6 is 0 Å². The molecule has 1 unspecified atom stereocenters. The van der Waals surface area contributed by atoms with Crippen molar-refractivity contribution in [1.82, 2.24) is 0 Å². The van der Waals surface area contributed by atoms with Gasteiger partial charge in [-0.25, -0.2) is 4.79 Å². The molecule has 0 aromatic heterocycles. The van der Waals surface area contributed by atoms with Gasteiger partial charge in [-0.15, -0.1) is 0 Å². The summed E-state index contributed by atoms with van der Waals surface area (Å²) in [5.74, 6) is -2.87. The first-order valence-electron chi connectivity index (χ1n) is 8.72. The van der Waals surface area contributed by atoms with Gasteiger partial charge in [0.1, 0.15) is 0 Å². The summed E-state index contributed by atoms with van der Waals surface area (Å²) < 4.78 is 5.04. The first-order chi connectivity index (χ1) is 10.7. The van der Waals surface area contributed by atoms with Crippen molar-refractivity contribution in [2.45, 2.75) is 91.6 Å². The third-order valence-corrected chi connectivity index (χ3v) is 12.7. The van der Waals surface area contributed by atoms with Crippen molar-refractivity contribution in [3.8, 4) is 0 Å². The molecule has 0 rings (SSSR count). The Morgan fingerprint density at radius 2 is 1.22 bits per heavy atom. The number of carboxylic acid groups (broad SMARTS) is 2. The Balaban J connectivity index is 0. The van der Waals surface area contributed by atoms with Gasteiger partial charge in [-0.1, -0.05) is 0 Å². The molecule has 0 saturated heterocycles. The van der Waals surface area contributed by atoms with Crippen molar-refractivity contribution in [1.29, 1.82) is 0 Å². The molecule has 1 atom stereocenters. The maximum absolute atomic E-state index is 10.0. The van der Waals surface area contributed by atoms with Crippen LogP contribution in [0.4, 0.5) is 0 Å². The molecule has 137 valence electrons. The van der Waals surface area contributed by atoms with E-state index >= 15 is 0 Å². The number of aliphatic hydroxyl groups is 1. The molecule has 3 N–H and O–H groups in total. The molecule has 1 radical (unpaired) electrons. The molecule has 5 nitrogen and oxygen atoms in total. The summed E-state index contributed by atoms with van der Waals surface area (Å²) in [6, 6.07) is 0. The predicted molar refractivity (Wildman–Crippen MR) is 95.4 cm³/mol. The van der Waals surface area contributed by atoms with E-state index in [9.17, 15) is 9.59 Å². The second-order valence-corrected chi connectivity index (χ2v) is 14.8. The van der Waals surface area contributed by atoms with Crippen LogP contribution in [-0.2, 0) is 9.59 Å². The first-order valence-corrected chi connectivity index (χ1v) is 14.8. The fraction of sp³-hybridized carbons (Fsp3) is 0.882. The topological polar surface area (TPSA) is 94.8 Å². The zero-order valence-corrected chi connectivity index (χ0v) is 18.1. The van der Waals surface area contributed by atoms with Crippen LogP contribution in [0, 0.1) is 0 Å². The Hall–Kier alpha value is -0.301. The number of hydrogen-bond donors (Lipinski definition) is 3. The Morgan fingerprint density at radius 3 is 1.39 bits per heavy atom. The molecule has 0 aliphatic heterocycles. The van der Waals surface area contributed by atoms with Crippen molar-refractivity contribution in [2.75, 3.05) is 0 Å². The molecule has 0 amide bonds. The summed E-state index contributed by atoms with van der Waals surface area (Å²) in [5, 5.41) is 25.0. The quantitative estimate of drug-likeness (QED) is 0.398. The molecule has 0 aliphatic carbocycles. The van der Waals surface area contributed by atoms with Crippen LogP contribution in [0.3, 0.4) is 0 Å². The van der Waals surface area contributed by atoms with E-state index in [2.05, 4.69) is 20.8 Å². The number of carboxylic acids is 2. The van der Waals surface area contributed by atoms with Crippen LogP contribution in [0.25, 0.3) is 0 Å². The number of rotatable bonds is 12. The first kappa shape index (κ1) is 24.9. The number of carbonyl (C=O) groups is 2. The summed E-state index contributed by atoms with van der Waals surface area (Å²) in [4.78, 5) is 19.9. The molecule has 23 heavy (non-hydrogen) atoms. The molecule has 0 fully saturated rings. The zero-order chi connectivity index (χ0) is 18.3. The van der Waals surface area contributed by atoms with Crippen molar-refractivity contribution >= 4 is 31.7 Å². The van der Waals surface area contributed by atoms with E-state index in [0.29, 0.717) is 0 Å². The van der Waals surface area contributed by atoms with Gasteiger partial charge in [-0.05, 0) is 6.92 Å². The Kier molecular flexibility index (Phi) is 16.5. The molecule has 0 heterocycles. The summed E-state index contributed by atoms with van der Waals surface area (Å²) in [6.45, 7) is 7.94. The van der Waals surface area contributed by atoms with E-state index in [4.69, 9.17) is 15.3 Å². The SMILES string of the molecule is CC(O)(CC(=O)O)C(=O)O.CCC[CH2][Sn]([CH2]CCC)[CH2]CCC. The van der Waals surface area contributed by atoms with E-state index in [1.807, 2.05) is 0 Å². The van der Waals surface area contributed by atoms with E-state index in [1.165, 1.54) is 38.5 Å². The van der Waals surface area contributed by atoms with Crippen LogP contribution < -0.4 is 0 Å². The number of aliphatic carboxylic acids is 2. The minimum atomic E-state index is -2.16. The third-order valence-electron chi connectivity index (χ3n) is 3.61. The summed E-state index contributed by atoms with van der Waals surface area (Å²) >= 11 is -0.839. The van der Waals surface area contributed by atoms with Gasteiger partial charge in [-0.2, -0.15) is 0 Å². The van der Waals surface area contributed by atoms with Crippen molar-refractivity contribution < 1.29 is 24.9 Å². The minimum absolute atomic E-state index is 0.789. The molecule has 0 saturated carbocycles. The van der Waals surface area contributed by atoms with Gasteiger partial charge in [0.05, 0.1) is 6.42 Å². The van der Waals surface area contributed by atoms with Crippen LogP contribution in [-0.4, -0.2) is 52.6 Å². The Labute approximate surface area is 148 Å². The van der Waals surface area contributed by atoms with Crippen LogP contribution in [0.15, 0.2) is 0 Å². The molecular formula is C17H35O5Sn. The molecule has 0 aromatic rings. The van der Waals surface area contributed by atoms with Gasteiger partial charge in [-0.3, -0.25) is 4.79 Å². The monoisotopic (exact) mass is 439 g/mol. The van der Waals surface area contributed by atoms with E-state index in [-0.39, 0.29) is 0 Å². The molecule has 0 bridgehead atoms. The average molecular weight is 438 g/mol. The second kappa shape index (κ2) is 15.2. The normalized spacial score (nSPS) is 13.1. The summed E-state index contributed by atoms with van der Waals surface area (Å²) in [5.41, 5.74) is -2.16. The predicted octanol–water partition coefficient (Wildman–Crippen LogP) is 4.18. The van der Waals surface area contributed by atoms with E-state index in [0.717, 1.165) is 6.92 Å². The zero-order valence-electron chi connectivity index (χ0n) is 15.2. The number of unbranched alkanes of at least 4 members (excludes halogenated alkanes) is 3. The van der Waals surface area contributed by atoms with Crippen LogP contribution in [0.2, 0.25) is 13.3 Å². The fourth-order valence-corrected chi connectivity index (χ4v) is 11.5. The maximum atomic E-state index is 10.0. The number of hydrogen-bond acceptors (Lipinski definition) is 3. The van der Waals surface area contributed by atoms with Crippen molar-refractivity contribution in [2.24, 2.45) is 0 Å². The summed E-state index contributed by atoms with van der Waals surface area (Å²) in [7, 11) is 0. The third kappa shape index (κ3) is 16.3. The van der Waals surface area contributed by atoms with Gasteiger partial charge in [0, 0.05) is 0 Å². The van der Waals surface area contributed by atoms with Crippen molar-refractivity contribution in [3.05, 3.63) is 0 Å². The molecule has 0 spiro atoms. The fourth-order valence-electron chi connectivity index (χ4n) is 2.03. The average Bonchev–Trinajstić information content (AvgIpc) is 2.45. The molecule has 0 aliphatic rings. The Bertz CT molecular complexity index is 299. The molecular weight excluding hydrogens is 403 g/mol. The van der Waals surface area contributed by atoms with E-state index < -0.39 is 43.7 Å². The van der Waals surface area contributed by atoms with Crippen LogP contribution in [0.1, 0.15) is 72.6 Å². The van der Waals surface area contributed by atoms with Gasteiger partial charge < -0.3 is 15.3 Å². The molecule has 6 heteroatoms. The summed E-state index contributed by atoms with van der Waals surface area (Å²) in [6.07, 6.45) is 8.06. The van der Waals surface area contributed by atoms with Gasteiger partial charge in [0.25, 0.3) is 0 Å². The molecule has 0 aromatic carbocycles.